The second-order valence-corrected chi connectivity index (χ2v) is 7.30. The van der Waals surface area contributed by atoms with E-state index in [-0.39, 0.29) is 5.56 Å². The van der Waals surface area contributed by atoms with Gasteiger partial charge in [0.05, 0.1) is 11.6 Å². The number of H-pyrrole nitrogens is 1. The van der Waals surface area contributed by atoms with E-state index < -0.39 is 11.5 Å². The number of hydrogen-bond acceptors (Lipinski definition) is 3. The zero-order chi connectivity index (χ0) is 20.1. The van der Waals surface area contributed by atoms with Crippen molar-refractivity contribution in [2.75, 3.05) is 11.4 Å². The van der Waals surface area contributed by atoms with Crippen molar-refractivity contribution in [2.45, 2.75) is 13.3 Å². The monoisotopic (exact) mass is 435 g/mol. The van der Waals surface area contributed by atoms with E-state index in [0.717, 1.165) is 10.0 Å². The van der Waals surface area contributed by atoms with E-state index in [1.165, 1.54) is 6.07 Å². The summed E-state index contributed by atoms with van der Waals surface area (Å²) in [7, 11) is 0. The van der Waals surface area contributed by atoms with Crippen LogP contribution in [-0.4, -0.2) is 17.4 Å². The van der Waals surface area contributed by atoms with Gasteiger partial charge in [0, 0.05) is 22.4 Å². The van der Waals surface area contributed by atoms with Gasteiger partial charge in [0.2, 0.25) is 0 Å². The Morgan fingerprint density at radius 2 is 1.89 bits per heavy atom. The van der Waals surface area contributed by atoms with Crippen molar-refractivity contribution in [2.24, 2.45) is 0 Å². The van der Waals surface area contributed by atoms with Gasteiger partial charge in [-0.1, -0.05) is 34.1 Å². The Hall–Kier alpha value is -3.17. The summed E-state index contributed by atoms with van der Waals surface area (Å²) in [4.78, 5) is 29.7. The molecule has 140 valence electrons. The Balaban J connectivity index is 1.95. The summed E-state index contributed by atoms with van der Waals surface area (Å²) < 4.78 is 0.983. The SMILES string of the molecule is Cc1ccc(C(=O)N(CCc2ccc(Br)cc2)c2cccc(C#N)c2)c(=O)[nH]1. The Bertz CT molecular complexity index is 1100. The Labute approximate surface area is 171 Å². The van der Waals surface area contributed by atoms with Crippen LogP contribution in [0.4, 0.5) is 5.69 Å². The fraction of sp³-hybridized carbons (Fsp3) is 0.136. The number of carbonyl (C=O) groups is 1. The molecule has 1 N–H and O–H groups in total. The van der Waals surface area contributed by atoms with Gasteiger partial charge >= 0.3 is 0 Å². The van der Waals surface area contributed by atoms with Crippen LogP contribution in [0.15, 0.2) is 69.9 Å². The van der Waals surface area contributed by atoms with Crippen molar-refractivity contribution < 1.29 is 4.79 Å². The van der Waals surface area contributed by atoms with Gasteiger partial charge in [-0.2, -0.15) is 5.26 Å². The van der Waals surface area contributed by atoms with E-state index >= 15 is 0 Å². The first-order valence-electron chi connectivity index (χ1n) is 8.74. The number of aromatic amines is 1. The molecule has 6 heteroatoms. The lowest BCUT2D eigenvalue weighted by Gasteiger charge is -2.23. The molecule has 1 amide bonds. The van der Waals surface area contributed by atoms with Crippen molar-refractivity contribution >= 4 is 27.5 Å². The molecule has 1 aromatic heterocycles. The predicted molar refractivity (Wildman–Crippen MR) is 112 cm³/mol. The minimum atomic E-state index is -0.421. The first kappa shape index (κ1) is 19.6. The third-order valence-electron chi connectivity index (χ3n) is 4.36. The minimum Gasteiger partial charge on any atom is -0.326 e. The summed E-state index contributed by atoms with van der Waals surface area (Å²) in [5.74, 6) is -0.395. The number of pyridine rings is 1. The van der Waals surface area contributed by atoms with Crippen LogP contribution in [0.3, 0.4) is 0 Å². The molecule has 3 aromatic rings. The molecule has 0 saturated heterocycles. The van der Waals surface area contributed by atoms with Crippen molar-refractivity contribution in [3.63, 3.8) is 0 Å². The molecule has 0 saturated carbocycles. The first-order chi connectivity index (χ1) is 13.5. The fourth-order valence-electron chi connectivity index (χ4n) is 2.87. The maximum Gasteiger partial charge on any atom is 0.263 e. The molecule has 0 aliphatic heterocycles. The molecule has 0 spiro atoms. The van der Waals surface area contributed by atoms with E-state index in [4.69, 9.17) is 0 Å². The molecule has 28 heavy (non-hydrogen) atoms. The summed E-state index contributed by atoms with van der Waals surface area (Å²) in [6.45, 7) is 2.14. The summed E-state index contributed by atoms with van der Waals surface area (Å²) in [6, 6.07) is 20.0. The number of carbonyl (C=O) groups excluding carboxylic acids is 1. The molecule has 5 nitrogen and oxygen atoms in total. The number of benzene rings is 2. The molecule has 0 aliphatic rings. The smallest absolute Gasteiger partial charge is 0.263 e. The quantitative estimate of drug-likeness (QED) is 0.651. The molecule has 3 rings (SSSR count). The Morgan fingerprint density at radius 1 is 1.14 bits per heavy atom. The third kappa shape index (κ3) is 4.56. The van der Waals surface area contributed by atoms with Crippen LogP contribution in [-0.2, 0) is 6.42 Å². The molecule has 0 atom stereocenters. The molecule has 0 unspecified atom stereocenters. The number of nitrogens with one attached hydrogen (secondary N) is 1. The number of halogens is 1. The van der Waals surface area contributed by atoms with Crippen molar-refractivity contribution in [3.8, 4) is 6.07 Å². The lowest BCUT2D eigenvalue weighted by molar-refractivity contribution is 0.0985. The third-order valence-corrected chi connectivity index (χ3v) is 4.88. The standard InChI is InChI=1S/C22H18BrN3O2/c1-15-5-10-20(21(27)25-15)22(28)26(19-4-2-3-17(13-19)14-24)12-11-16-6-8-18(23)9-7-16/h2-10,13H,11-12H2,1H3,(H,25,27). The summed E-state index contributed by atoms with van der Waals surface area (Å²) in [6.07, 6.45) is 0.611. The van der Waals surface area contributed by atoms with E-state index in [1.807, 2.05) is 24.3 Å². The molecular formula is C22H18BrN3O2. The van der Waals surface area contributed by atoms with Gasteiger partial charge in [0.15, 0.2) is 0 Å². The van der Waals surface area contributed by atoms with Crippen LogP contribution in [0, 0.1) is 18.3 Å². The highest BCUT2D eigenvalue weighted by Gasteiger charge is 2.21. The Morgan fingerprint density at radius 3 is 2.57 bits per heavy atom. The second-order valence-electron chi connectivity index (χ2n) is 6.38. The van der Waals surface area contributed by atoms with Crippen molar-refractivity contribution in [1.82, 2.24) is 4.98 Å². The Kier molecular flexibility index (Phi) is 6.07. The summed E-state index contributed by atoms with van der Waals surface area (Å²) >= 11 is 3.41. The normalized spacial score (nSPS) is 10.3. The summed E-state index contributed by atoms with van der Waals surface area (Å²) in [5, 5.41) is 9.20. The van der Waals surface area contributed by atoms with Crippen LogP contribution in [0.2, 0.25) is 0 Å². The van der Waals surface area contributed by atoms with Crippen LogP contribution < -0.4 is 10.5 Å². The van der Waals surface area contributed by atoms with E-state index in [1.54, 1.807) is 42.2 Å². The van der Waals surface area contributed by atoms with Crippen molar-refractivity contribution in [1.29, 1.82) is 5.26 Å². The fourth-order valence-corrected chi connectivity index (χ4v) is 3.13. The van der Waals surface area contributed by atoms with E-state index in [9.17, 15) is 14.9 Å². The van der Waals surface area contributed by atoms with Gasteiger partial charge in [-0.25, -0.2) is 0 Å². The zero-order valence-corrected chi connectivity index (χ0v) is 16.9. The van der Waals surface area contributed by atoms with Crippen LogP contribution >= 0.6 is 15.9 Å². The molecule has 0 radical (unpaired) electrons. The number of rotatable bonds is 5. The van der Waals surface area contributed by atoms with Gasteiger partial charge in [-0.3, -0.25) is 9.59 Å². The van der Waals surface area contributed by atoms with E-state index in [2.05, 4.69) is 27.0 Å². The topological polar surface area (TPSA) is 77.0 Å². The highest BCUT2D eigenvalue weighted by molar-refractivity contribution is 9.10. The van der Waals surface area contributed by atoms with Gasteiger partial charge in [0.1, 0.15) is 5.56 Å². The second kappa shape index (κ2) is 8.68. The lowest BCUT2D eigenvalue weighted by Crippen LogP contribution is -2.36. The average molecular weight is 436 g/mol. The highest BCUT2D eigenvalue weighted by atomic mass is 79.9. The first-order valence-corrected chi connectivity index (χ1v) is 9.53. The largest absolute Gasteiger partial charge is 0.326 e. The predicted octanol–water partition coefficient (Wildman–Crippen LogP) is 4.21. The number of aromatic nitrogens is 1. The number of anilines is 1. The maximum atomic E-state index is 13.2. The van der Waals surface area contributed by atoms with Gasteiger partial charge < -0.3 is 9.88 Å². The van der Waals surface area contributed by atoms with E-state index in [0.29, 0.717) is 29.9 Å². The van der Waals surface area contributed by atoms with Crippen molar-refractivity contribution in [3.05, 3.63) is 97.9 Å². The average Bonchev–Trinajstić information content (AvgIpc) is 2.69. The molecule has 0 aliphatic carbocycles. The molecule has 0 bridgehead atoms. The van der Waals surface area contributed by atoms with Crippen LogP contribution in [0.25, 0.3) is 0 Å². The van der Waals surface area contributed by atoms with Gasteiger partial charge in [-0.05, 0) is 61.4 Å². The van der Waals surface area contributed by atoms with Crippen LogP contribution in [0.5, 0.6) is 0 Å². The molecular weight excluding hydrogens is 418 g/mol. The highest BCUT2D eigenvalue weighted by Crippen LogP contribution is 2.19. The minimum absolute atomic E-state index is 0.0729. The zero-order valence-electron chi connectivity index (χ0n) is 15.3. The molecule has 1 heterocycles. The number of hydrogen-bond donors (Lipinski definition) is 1. The summed E-state index contributed by atoms with van der Waals surface area (Å²) in [5.41, 5.74) is 2.45. The molecule has 0 fully saturated rings. The number of nitrogens with zero attached hydrogens (tertiary/aromatic N) is 2. The van der Waals surface area contributed by atoms with Gasteiger partial charge in [-0.15, -0.1) is 0 Å². The maximum absolute atomic E-state index is 13.2. The number of aryl methyl sites for hydroxylation is 1. The molecule has 2 aromatic carbocycles. The van der Waals surface area contributed by atoms with Crippen LogP contribution in [0.1, 0.15) is 27.2 Å². The number of amides is 1. The van der Waals surface area contributed by atoms with Gasteiger partial charge in [0.25, 0.3) is 11.5 Å². The number of nitriles is 1. The lowest BCUT2D eigenvalue weighted by atomic mass is 10.1.